The van der Waals surface area contributed by atoms with Crippen molar-refractivity contribution < 1.29 is 0 Å². The zero-order valence-electron chi connectivity index (χ0n) is 12.1. The molecule has 3 aromatic rings. The van der Waals surface area contributed by atoms with Gasteiger partial charge in [0.2, 0.25) is 0 Å². The fourth-order valence-corrected chi connectivity index (χ4v) is 3.97. The maximum atomic E-state index is 6.40. The highest BCUT2D eigenvalue weighted by Crippen LogP contribution is 2.32. The molecule has 1 aromatic carbocycles. The van der Waals surface area contributed by atoms with E-state index in [1.807, 2.05) is 11.7 Å². The molecule has 0 saturated carbocycles. The number of nitrogens with two attached hydrogens (primary N) is 1. The topological polar surface area (TPSA) is 43.8 Å². The highest BCUT2D eigenvalue weighted by Gasteiger charge is 2.18. The monoisotopic (exact) mass is 319 g/mol. The van der Waals surface area contributed by atoms with E-state index in [0.29, 0.717) is 6.42 Å². The van der Waals surface area contributed by atoms with Crippen LogP contribution in [0.1, 0.15) is 29.2 Å². The van der Waals surface area contributed by atoms with E-state index in [0.717, 1.165) is 22.8 Å². The highest BCUT2D eigenvalue weighted by molar-refractivity contribution is 7.19. The Labute approximate surface area is 133 Å². The van der Waals surface area contributed by atoms with Crippen molar-refractivity contribution >= 4 is 33.0 Å². The number of fused-ring (bicyclic) bond motifs is 1. The number of nitrogens with zero attached hydrogens (tertiary/aromatic N) is 2. The Morgan fingerprint density at radius 1 is 1.38 bits per heavy atom. The van der Waals surface area contributed by atoms with Crippen molar-refractivity contribution in [3.63, 3.8) is 0 Å². The SMILES string of the molecule is CCc1nn(C)c(CC(N)c2cc3ccccc3s2)c1Cl. The maximum absolute atomic E-state index is 6.40. The average molecular weight is 320 g/mol. The second-order valence-corrected chi connectivity index (χ2v) is 6.68. The molecule has 3 nitrogen and oxygen atoms in total. The van der Waals surface area contributed by atoms with E-state index in [1.54, 1.807) is 11.3 Å². The van der Waals surface area contributed by atoms with Crippen LogP contribution < -0.4 is 5.73 Å². The van der Waals surface area contributed by atoms with Gasteiger partial charge in [0.1, 0.15) is 0 Å². The molecule has 1 unspecified atom stereocenters. The summed E-state index contributed by atoms with van der Waals surface area (Å²) in [5, 5.41) is 6.46. The molecule has 2 heterocycles. The molecular formula is C16H18ClN3S. The van der Waals surface area contributed by atoms with Gasteiger partial charge in [0.25, 0.3) is 0 Å². The largest absolute Gasteiger partial charge is 0.323 e. The van der Waals surface area contributed by atoms with Crippen molar-refractivity contribution in [1.82, 2.24) is 9.78 Å². The summed E-state index contributed by atoms with van der Waals surface area (Å²) in [5.41, 5.74) is 8.34. The van der Waals surface area contributed by atoms with E-state index in [-0.39, 0.29) is 6.04 Å². The van der Waals surface area contributed by atoms with Gasteiger partial charge in [-0.3, -0.25) is 4.68 Å². The number of benzene rings is 1. The molecular weight excluding hydrogens is 302 g/mol. The summed E-state index contributed by atoms with van der Waals surface area (Å²) in [6, 6.07) is 10.5. The molecule has 0 spiro atoms. The molecule has 0 fully saturated rings. The number of thiophene rings is 1. The molecule has 0 amide bonds. The van der Waals surface area contributed by atoms with Crippen LogP contribution in [-0.4, -0.2) is 9.78 Å². The molecule has 5 heteroatoms. The number of rotatable bonds is 4. The predicted octanol–water partition coefficient (Wildman–Crippen LogP) is 4.09. The van der Waals surface area contributed by atoms with Crippen LogP contribution in [0.2, 0.25) is 5.02 Å². The van der Waals surface area contributed by atoms with Gasteiger partial charge in [0.05, 0.1) is 16.4 Å². The van der Waals surface area contributed by atoms with E-state index >= 15 is 0 Å². The fraction of sp³-hybridized carbons (Fsp3) is 0.312. The zero-order valence-corrected chi connectivity index (χ0v) is 13.7. The number of hydrogen-bond acceptors (Lipinski definition) is 3. The summed E-state index contributed by atoms with van der Waals surface area (Å²) in [6.45, 7) is 2.06. The lowest BCUT2D eigenvalue weighted by Gasteiger charge is -2.10. The summed E-state index contributed by atoms with van der Waals surface area (Å²) < 4.78 is 3.13. The second kappa shape index (κ2) is 5.79. The lowest BCUT2D eigenvalue weighted by molar-refractivity contribution is 0.644. The third-order valence-corrected chi connectivity index (χ3v) is 5.41. The molecule has 21 heavy (non-hydrogen) atoms. The smallest absolute Gasteiger partial charge is 0.0850 e. The van der Waals surface area contributed by atoms with Crippen LogP contribution >= 0.6 is 22.9 Å². The minimum atomic E-state index is -0.0555. The van der Waals surface area contributed by atoms with Gasteiger partial charge in [-0.15, -0.1) is 11.3 Å². The van der Waals surface area contributed by atoms with Crippen LogP contribution in [0.4, 0.5) is 0 Å². The zero-order chi connectivity index (χ0) is 15.0. The standard InChI is InChI=1S/C16H18ClN3S/c1-3-12-16(17)13(20(2)19-12)9-11(18)15-8-10-6-4-5-7-14(10)21-15/h4-8,11H,3,9,18H2,1-2H3. The van der Waals surface area contributed by atoms with Crippen molar-refractivity contribution in [2.75, 3.05) is 0 Å². The first-order valence-electron chi connectivity index (χ1n) is 7.04. The van der Waals surface area contributed by atoms with Crippen LogP contribution in [0.3, 0.4) is 0 Å². The molecule has 0 aliphatic carbocycles. The minimum absolute atomic E-state index is 0.0555. The van der Waals surface area contributed by atoms with Gasteiger partial charge in [0, 0.05) is 29.1 Å². The Morgan fingerprint density at radius 3 is 2.81 bits per heavy atom. The van der Waals surface area contributed by atoms with E-state index in [2.05, 4.69) is 42.4 Å². The number of hydrogen-bond donors (Lipinski definition) is 1. The predicted molar refractivity (Wildman–Crippen MR) is 90.1 cm³/mol. The minimum Gasteiger partial charge on any atom is -0.323 e. The van der Waals surface area contributed by atoms with E-state index in [4.69, 9.17) is 17.3 Å². The molecule has 0 aliphatic heterocycles. The summed E-state index contributed by atoms with van der Waals surface area (Å²) in [4.78, 5) is 1.19. The number of aryl methyl sites for hydroxylation is 2. The molecule has 110 valence electrons. The van der Waals surface area contributed by atoms with Crippen molar-refractivity contribution in [3.8, 4) is 0 Å². The van der Waals surface area contributed by atoms with Gasteiger partial charge in [-0.05, 0) is 23.9 Å². The Morgan fingerprint density at radius 2 is 2.14 bits per heavy atom. The number of halogens is 1. The Kier molecular flexibility index (Phi) is 4.02. The van der Waals surface area contributed by atoms with Crippen molar-refractivity contribution in [1.29, 1.82) is 0 Å². The van der Waals surface area contributed by atoms with Crippen molar-refractivity contribution in [2.24, 2.45) is 12.8 Å². The lowest BCUT2D eigenvalue weighted by Crippen LogP contribution is -2.14. The molecule has 2 aromatic heterocycles. The molecule has 2 N–H and O–H groups in total. The molecule has 0 saturated heterocycles. The quantitative estimate of drug-likeness (QED) is 0.787. The number of aromatic nitrogens is 2. The molecule has 0 aliphatic rings. The summed E-state index contributed by atoms with van der Waals surface area (Å²) in [5.74, 6) is 0. The summed E-state index contributed by atoms with van der Waals surface area (Å²) >= 11 is 8.16. The average Bonchev–Trinajstić information content (AvgIpc) is 3.03. The van der Waals surface area contributed by atoms with Gasteiger partial charge in [0.15, 0.2) is 0 Å². The first-order chi connectivity index (χ1) is 10.1. The van der Waals surface area contributed by atoms with Gasteiger partial charge >= 0.3 is 0 Å². The summed E-state index contributed by atoms with van der Waals surface area (Å²) in [6.07, 6.45) is 1.54. The maximum Gasteiger partial charge on any atom is 0.0850 e. The molecule has 1 atom stereocenters. The first-order valence-corrected chi connectivity index (χ1v) is 8.24. The molecule has 0 radical (unpaired) electrons. The van der Waals surface area contributed by atoms with E-state index in [1.165, 1.54) is 15.0 Å². The van der Waals surface area contributed by atoms with Gasteiger partial charge < -0.3 is 5.73 Å². The first kappa shape index (κ1) is 14.6. The second-order valence-electron chi connectivity index (χ2n) is 5.18. The Bertz CT molecular complexity index is 742. The van der Waals surface area contributed by atoms with Crippen LogP contribution in [0.25, 0.3) is 10.1 Å². The Hall–Kier alpha value is -1.36. The summed E-state index contributed by atoms with van der Waals surface area (Å²) in [7, 11) is 1.93. The van der Waals surface area contributed by atoms with Crippen molar-refractivity contribution in [3.05, 3.63) is 51.6 Å². The van der Waals surface area contributed by atoms with Crippen LogP contribution in [-0.2, 0) is 19.9 Å². The van der Waals surface area contributed by atoms with Crippen LogP contribution in [0, 0.1) is 0 Å². The third kappa shape index (κ3) is 2.71. The lowest BCUT2D eigenvalue weighted by atomic mass is 10.1. The van der Waals surface area contributed by atoms with Crippen LogP contribution in [0.15, 0.2) is 30.3 Å². The van der Waals surface area contributed by atoms with E-state index < -0.39 is 0 Å². The normalized spacial score (nSPS) is 13.0. The van der Waals surface area contributed by atoms with Crippen LogP contribution in [0.5, 0.6) is 0 Å². The molecule has 3 rings (SSSR count). The highest BCUT2D eigenvalue weighted by atomic mass is 35.5. The van der Waals surface area contributed by atoms with Gasteiger partial charge in [-0.25, -0.2) is 0 Å². The van der Waals surface area contributed by atoms with Gasteiger partial charge in [-0.2, -0.15) is 5.10 Å². The van der Waals surface area contributed by atoms with Gasteiger partial charge in [-0.1, -0.05) is 36.7 Å². The third-order valence-electron chi connectivity index (χ3n) is 3.73. The Balaban J connectivity index is 1.89. The van der Waals surface area contributed by atoms with E-state index in [9.17, 15) is 0 Å². The fourth-order valence-electron chi connectivity index (χ4n) is 2.54. The van der Waals surface area contributed by atoms with Crippen molar-refractivity contribution in [2.45, 2.75) is 25.8 Å². The molecule has 0 bridgehead atoms.